The molecular formula is C16H15BrN2. The van der Waals surface area contributed by atoms with Crippen LogP contribution in [0.5, 0.6) is 0 Å². The van der Waals surface area contributed by atoms with Gasteiger partial charge in [0.25, 0.3) is 0 Å². The predicted octanol–water partition coefficient (Wildman–Crippen LogP) is 4.80. The molecular weight excluding hydrogens is 300 g/mol. The summed E-state index contributed by atoms with van der Waals surface area (Å²) in [5.41, 5.74) is 4.07. The maximum absolute atomic E-state index is 8.93. The van der Waals surface area contributed by atoms with Gasteiger partial charge in [0.05, 0.1) is 11.6 Å². The molecule has 1 N–H and O–H groups in total. The molecule has 2 nitrogen and oxygen atoms in total. The Morgan fingerprint density at radius 1 is 1.21 bits per heavy atom. The SMILES string of the molecule is Cc1ccc(NC(C)c2cccc(C#N)c2)c(Br)c1. The number of halogens is 1. The van der Waals surface area contributed by atoms with Crippen molar-refractivity contribution >= 4 is 21.6 Å². The van der Waals surface area contributed by atoms with E-state index < -0.39 is 0 Å². The molecule has 0 fully saturated rings. The van der Waals surface area contributed by atoms with Crippen LogP contribution in [0.1, 0.15) is 29.7 Å². The second-order valence-corrected chi connectivity index (χ2v) is 5.44. The van der Waals surface area contributed by atoms with Gasteiger partial charge in [-0.1, -0.05) is 18.2 Å². The number of aryl methyl sites for hydroxylation is 1. The van der Waals surface area contributed by atoms with Gasteiger partial charge in [0, 0.05) is 16.2 Å². The van der Waals surface area contributed by atoms with Crippen LogP contribution in [0.4, 0.5) is 5.69 Å². The number of nitrogens with one attached hydrogen (secondary N) is 1. The zero-order valence-electron chi connectivity index (χ0n) is 10.9. The predicted molar refractivity (Wildman–Crippen MR) is 82.1 cm³/mol. The highest BCUT2D eigenvalue weighted by Gasteiger charge is 2.08. The van der Waals surface area contributed by atoms with Gasteiger partial charge in [0.15, 0.2) is 0 Å². The summed E-state index contributed by atoms with van der Waals surface area (Å²) in [5.74, 6) is 0. The number of anilines is 1. The molecule has 0 bridgehead atoms. The Morgan fingerprint density at radius 3 is 2.68 bits per heavy atom. The maximum atomic E-state index is 8.93. The van der Waals surface area contributed by atoms with Gasteiger partial charge < -0.3 is 5.32 Å². The lowest BCUT2D eigenvalue weighted by molar-refractivity contribution is 0.883. The molecule has 0 aromatic heterocycles. The van der Waals surface area contributed by atoms with Crippen LogP contribution in [0.15, 0.2) is 46.9 Å². The second kappa shape index (κ2) is 5.90. The summed E-state index contributed by atoms with van der Waals surface area (Å²) in [7, 11) is 0. The highest BCUT2D eigenvalue weighted by molar-refractivity contribution is 9.10. The van der Waals surface area contributed by atoms with E-state index in [-0.39, 0.29) is 6.04 Å². The average molecular weight is 315 g/mol. The topological polar surface area (TPSA) is 35.8 Å². The fraction of sp³-hybridized carbons (Fsp3) is 0.188. The van der Waals surface area contributed by atoms with Crippen molar-refractivity contribution in [3.8, 4) is 6.07 Å². The van der Waals surface area contributed by atoms with Gasteiger partial charge in [0.1, 0.15) is 0 Å². The summed E-state index contributed by atoms with van der Waals surface area (Å²) in [6.07, 6.45) is 0. The van der Waals surface area contributed by atoms with Crippen molar-refractivity contribution in [2.75, 3.05) is 5.32 Å². The van der Waals surface area contributed by atoms with E-state index in [0.717, 1.165) is 15.7 Å². The third-order valence-corrected chi connectivity index (χ3v) is 3.67. The van der Waals surface area contributed by atoms with Crippen LogP contribution in [0.2, 0.25) is 0 Å². The van der Waals surface area contributed by atoms with Gasteiger partial charge in [-0.25, -0.2) is 0 Å². The molecule has 2 rings (SSSR count). The van der Waals surface area contributed by atoms with Crippen LogP contribution in [-0.2, 0) is 0 Å². The molecule has 0 saturated carbocycles. The number of benzene rings is 2. The van der Waals surface area contributed by atoms with Crippen molar-refractivity contribution in [2.45, 2.75) is 19.9 Å². The van der Waals surface area contributed by atoms with Crippen LogP contribution in [0.25, 0.3) is 0 Å². The number of nitriles is 1. The van der Waals surface area contributed by atoms with Crippen molar-refractivity contribution < 1.29 is 0 Å². The lowest BCUT2D eigenvalue weighted by atomic mass is 10.1. The summed E-state index contributed by atoms with van der Waals surface area (Å²) in [5, 5.41) is 12.4. The number of nitrogens with zero attached hydrogens (tertiary/aromatic N) is 1. The Morgan fingerprint density at radius 2 is 2.00 bits per heavy atom. The fourth-order valence-corrected chi connectivity index (χ4v) is 2.54. The molecule has 0 aliphatic carbocycles. The first-order valence-electron chi connectivity index (χ1n) is 6.13. The quantitative estimate of drug-likeness (QED) is 0.883. The van der Waals surface area contributed by atoms with E-state index in [9.17, 15) is 0 Å². The molecule has 0 spiro atoms. The summed E-state index contributed by atoms with van der Waals surface area (Å²) in [4.78, 5) is 0. The largest absolute Gasteiger partial charge is 0.378 e. The van der Waals surface area contributed by atoms with E-state index in [4.69, 9.17) is 5.26 Å². The lowest BCUT2D eigenvalue weighted by Crippen LogP contribution is -2.07. The lowest BCUT2D eigenvalue weighted by Gasteiger charge is -2.17. The minimum atomic E-state index is 0.146. The first kappa shape index (κ1) is 13.6. The molecule has 0 heterocycles. The zero-order chi connectivity index (χ0) is 13.8. The van der Waals surface area contributed by atoms with E-state index in [1.54, 1.807) is 0 Å². The van der Waals surface area contributed by atoms with Crippen molar-refractivity contribution in [3.05, 3.63) is 63.6 Å². The first-order chi connectivity index (χ1) is 9.10. The summed E-state index contributed by atoms with van der Waals surface area (Å²) in [6.45, 7) is 4.15. The molecule has 96 valence electrons. The van der Waals surface area contributed by atoms with E-state index >= 15 is 0 Å². The van der Waals surface area contributed by atoms with Crippen molar-refractivity contribution in [1.29, 1.82) is 5.26 Å². The van der Waals surface area contributed by atoms with Gasteiger partial charge in [0.2, 0.25) is 0 Å². The Hall–Kier alpha value is -1.79. The van der Waals surface area contributed by atoms with Crippen molar-refractivity contribution in [2.24, 2.45) is 0 Å². The van der Waals surface area contributed by atoms with Crippen molar-refractivity contribution in [3.63, 3.8) is 0 Å². The molecule has 2 aromatic carbocycles. The van der Waals surface area contributed by atoms with Crippen molar-refractivity contribution in [1.82, 2.24) is 0 Å². The monoisotopic (exact) mass is 314 g/mol. The summed E-state index contributed by atoms with van der Waals surface area (Å²) >= 11 is 3.56. The van der Waals surface area contributed by atoms with E-state index in [1.165, 1.54) is 5.56 Å². The fourth-order valence-electron chi connectivity index (χ4n) is 1.93. The minimum absolute atomic E-state index is 0.146. The summed E-state index contributed by atoms with van der Waals surface area (Å²) in [6, 6.07) is 16.2. The van der Waals surface area contributed by atoms with Crippen LogP contribution in [0, 0.1) is 18.3 Å². The molecule has 0 aliphatic heterocycles. The van der Waals surface area contributed by atoms with Crippen LogP contribution in [0.3, 0.4) is 0 Å². The van der Waals surface area contributed by atoms with Gasteiger partial charge in [-0.15, -0.1) is 0 Å². The Bertz CT molecular complexity index is 629. The molecule has 2 aromatic rings. The van der Waals surface area contributed by atoms with Gasteiger partial charge in [-0.2, -0.15) is 5.26 Å². The standard InChI is InChI=1S/C16H15BrN2/c1-11-6-7-16(15(17)8-11)19-12(2)14-5-3-4-13(9-14)10-18/h3-9,12,19H,1-2H3. The molecule has 0 saturated heterocycles. The molecule has 0 radical (unpaired) electrons. The first-order valence-corrected chi connectivity index (χ1v) is 6.92. The Kier molecular flexibility index (Phi) is 4.24. The zero-order valence-corrected chi connectivity index (χ0v) is 12.5. The normalized spacial score (nSPS) is 11.7. The number of hydrogen-bond donors (Lipinski definition) is 1. The minimum Gasteiger partial charge on any atom is -0.378 e. The Labute approximate surface area is 122 Å². The molecule has 0 amide bonds. The van der Waals surface area contributed by atoms with Gasteiger partial charge >= 0.3 is 0 Å². The third-order valence-electron chi connectivity index (χ3n) is 3.01. The van der Waals surface area contributed by atoms with E-state index in [2.05, 4.69) is 59.4 Å². The molecule has 0 aliphatic rings. The van der Waals surface area contributed by atoms with Gasteiger partial charge in [-0.05, 0) is 65.2 Å². The smallest absolute Gasteiger partial charge is 0.0991 e. The average Bonchev–Trinajstić information content (AvgIpc) is 2.42. The maximum Gasteiger partial charge on any atom is 0.0991 e. The Balaban J connectivity index is 2.20. The highest BCUT2D eigenvalue weighted by Crippen LogP contribution is 2.27. The van der Waals surface area contributed by atoms with E-state index in [1.807, 2.05) is 24.3 Å². The summed E-state index contributed by atoms with van der Waals surface area (Å²) < 4.78 is 1.05. The number of rotatable bonds is 3. The second-order valence-electron chi connectivity index (χ2n) is 4.59. The molecule has 1 unspecified atom stereocenters. The highest BCUT2D eigenvalue weighted by atomic mass is 79.9. The third kappa shape index (κ3) is 3.36. The van der Waals surface area contributed by atoms with Gasteiger partial charge in [-0.3, -0.25) is 0 Å². The van der Waals surface area contributed by atoms with E-state index in [0.29, 0.717) is 5.56 Å². The number of hydrogen-bond acceptors (Lipinski definition) is 2. The molecule has 19 heavy (non-hydrogen) atoms. The van der Waals surface area contributed by atoms with Crippen LogP contribution in [-0.4, -0.2) is 0 Å². The van der Waals surface area contributed by atoms with Crippen LogP contribution < -0.4 is 5.32 Å². The molecule has 1 atom stereocenters. The molecule has 3 heteroatoms. The van der Waals surface area contributed by atoms with Crippen LogP contribution >= 0.6 is 15.9 Å².